The summed E-state index contributed by atoms with van der Waals surface area (Å²) in [7, 11) is -3.41. The van der Waals surface area contributed by atoms with E-state index in [0.29, 0.717) is 23.1 Å². The van der Waals surface area contributed by atoms with Gasteiger partial charge in [0.15, 0.2) is 0 Å². The third kappa shape index (κ3) is 4.13. The zero-order valence-electron chi connectivity index (χ0n) is 14.3. The number of hydrogen-bond donors (Lipinski definition) is 1. The van der Waals surface area contributed by atoms with Crippen molar-refractivity contribution in [3.8, 4) is 0 Å². The van der Waals surface area contributed by atoms with Crippen molar-refractivity contribution >= 4 is 27.3 Å². The summed E-state index contributed by atoms with van der Waals surface area (Å²) < 4.78 is 32.4. The fourth-order valence-electron chi connectivity index (χ4n) is 2.86. The second-order valence-corrected chi connectivity index (χ2v) is 9.58. The van der Waals surface area contributed by atoms with Gasteiger partial charge in [-0.05, 0) is 51.0 Å². The zero-order valence-corrected chi connectivity index (χ0v) is 16.0. The first-order valence-corrected chi connectivity index (χ1v) is 10.6. The number of thiophene rings is 1. The highest BCUT2D eigenvalue weighted by atomic mass is 32.2. The molecule has 0 saturated carbocycles. The Kier molecular flexibility index (Phi) is 5.31. The molecule has 0 spiro atoms. The Labute approximate surface area is 151 Å². The Morgan fingerprint density at radius 3 is 2.64 bits per heavy atom. The average Bonchev–Trinajstić information content (AvgIpc) is 3.28. The molecule has 3 heterocycles. The summed E-state index contributed by atoms with van der Waals surface area (Å²) >= 11 is 1.17. The van der Waals surface area contributed by atoms with Gasteiger partial charge in [-0.25, -0.2) is 8.42 Å². The van der Waals surface area contributed by atoms with Gasteiger partial charge in [0.05, 0.1) is 12.5 Å². The van der Waals surface area contributed by atoms with Gasteiger partial charge in [0.25, 0.3) is 10.0 Å². The highest BCUT2D eigenvalue weighted by Crippen LogP contribution is 2.27. The van der Waals surface area contributed by atoms with Gasteiger partial charge in [-0.15, -0.1) is 11.3 Å². The van der Waals surface area contributed by atoms with Crippen LogP contribution in [0.4, 0.5) is 0 Å². The van der Waals surface area contributed by atoms with Crippen LogP contribution in [0.3, 0.4) is 0 Å². The lowest BCUT2D eigenvalue weighted by atomic mass is 10.2. The Morgan fingerprint density at radius 2 is 2.00 bits per heavy atom. The summed E-state index contributed by atoms with van der Waals surface area (Å²) in [6.45, 7) is 4.87. The zero-order chi connectivity index (χ0) is 18.0. The molecule has 0 bridgehead atoms. The van der Waals surface area contributed by atoms with Crippen LogP contribution in [0.5, 0.6) is 0 Å². The van der Waals surface area contributed by atoms with Gasteiger partial charge in [-0.2, -0.15) is 4.31 Å². The minimum absolute atomic E-state index is 0.157. The molecular weight excluding hydrogens is 360 g/mol. The van der Waals surface area contributed by atoms with E-state index in [4.69, 9.17) is 4.42 Å². The molecular formula is C17H22N2O4S2. The molecule has 0 aromatic carbocycles. The first kappa shape index (κ1) is 18.2. The van der Waals surface area contributed by atoms with Crippen molar-refractivity contribution in [3.63, 3.8) is 0 Å². The lowest BCUT2D eigenvalue weighted by Gasteiger charge is -2.13. The summed E-state index contributed by atoms with van der Waals surface area (Å²) in [6.07, 6.45) is 1.97. The monoisotopic (exact) mass is 382 g/mol. The average molecular weight is 383 g/mol. The van der Waals surface area contributed by atoms with Crippen molar-refractivity contribution < 1.29 is 17.6 Å². The van der Waals surface area contributed by atoms with Gasteiger partial charge in [-0.3, -0.25) is 4.79 Å². The van der Waals surface area contributed by atoms with Crippen molar-refractivity contribution in [1.29, 1.82) is 0 Å². The van der Waals surface area contributed by atoms with Crippen LogP contribution in [-0.2, 0) is 21.2 Å². The van der Waals surface area contributed by atoms with Crippen molar-refractivity contribution in [2.24, 2.45) is 0 Å². The van der Waals surface area contributed by atoms with Gasteiger partial charge >= 0.3 is 0 Å². The number of nitrogens with zero attached hydrogens (tertiary/aromatic N) is 1. The van der Waals surface area contributed by atoms with Gasteiger partial charge < -0.3 is 9.73 Å². The Hall–Kier alpha value is -1.64. The molecule has 8 heteroatoms. The fraction of sp³-hybridized carbons (Fsp3) is 0.471. The maximum absolute atomic E-state index is 12.5. The number of carbonyl (C=O) groups is 1. The van der Waals surface area contributed by atoms with E-state index in [9.17, 15) is 13.2 Å². The SMILES string of the molecule is Cc1ccc(C(C)NC(=O)Cc2ccc(S(=O)(=O)N3CCCC3)s2)o1. The minimum atomic E-state index is -3.41. The molecule has 0 radical (unpaired) electrons. The Morgan fingerprint density at radius 1 is 1.28 bits per heavy atom. The molecule has 136 valence electrons. The van der Waals surface area contributed by atoms with Crippen molar-refractivity contribution in [2.45, 2.75) is 43.4 Å². The standard InChI is InChI=1S/C17H22N2O4S2/c1-12-5-7-15(23-12)13(2)18-16(20)11-14-6-8-17(24-14)25(21,22)19-9-3-4-10-19/h5-8,13H,3-4,9-11H2,1-2H3,(H,18,20). The fourth-order valence-corrected chi connectivity index (χ4v) is 5.88. The topological polar surface area (TPSA) is 79.6 Å². The predicted octanol–water partition coefficient (Wildman–Crippen LogP) is 2.85. The van der Waals surface area contributed by atoms with Crippen molar-refractivity contribution in [2.75, 3.05) is 13.1 Å². The molecule has 1 saturated heterocycles. The highest BCUT2D eigenvalue weighted by Gasteiger charge is 2.28. The Bertz CT molecular complexity index is 848. The van der Waals surface area contributed by atoms with E-state index < -0.39 is 10.0 Å². The summed E-state index contributed by atoms with van der Waals surface area (Å²) in [4.78, 5) is 12.9. The second-order valence-electron chi connectivity index (χ2n) is 6.25. The van der Waals surface area contributed by atoms with Crippen LogP contribution in [0, 0.1) is 6.92 Å². The molecule has 2 aromatic rings. The summed E-state index contributed by atoms with van der Waals surface area (Å²) in [5.41, 5.74) is 0. The second kappa shape index (κ2) is 7.31. The molecule has 25 heavy (non-hydrogen) atoms. The molecule has 2 aromatic heterocycles. The van der Waals surface area contributed by atoms with Gasteiger partial charge in [0.1, 0.15) is 15.7 Å². The maximum atomic E-state index is 12.5. The number of hydrogen-bond acceptors (Lipinski definition) is 5. The third-order valence-corrected chi connectivity index (χ3v) is 7.65. The molecule has 0 aliphatic carbocycles. The molecule has 1 aliphatic heterocycles. The summed E-state index contributed by atoms with van der Waals surface area (Å²) in [6, 6.07) is 6.78. The number of sulfonamides is 1. The number of furan rings is 1. The lowest BCUT2D eigenvalue weighted by molar-refractivity contribution is -0.121. The van der Waals surface area contributed by atoms with Crippen LogP contribution in [0.25, 0.3) is 0 Å². The van der Waals surface area contributed by atoms with Crippen LogP contribution in [0.1, 0.15) is 42.2 Å². The van der Waals surface area contributed by atoms with Crippen LogP contribution in [0.15, 0.2) is 32.9 Å². The van der Waals surface area contributed by atoms with Gasteiger partial charge in [0.2, 0.25) is 5.91 Å². The first-order valence-electron chi connectivity index (χ1n) is 8.31. The minimum Gasteiger partial charge on any atom is -0.464 e. The first-order chi connectivity index (χ1) is 11.9. The molecule has 6 nitrogen and oxygen atoms in total. The van der Waals surface area contributed by atoms with E-state index >= 15 is 0 Å². The number of amides is 1. The van der Waals surface area contributed by atoms with Crippen LogP contribution in [0.2, 0.25) is 0 Å². The van der Waals surface area contributed by atoms with Gasteiger partial charge in [0, 0.05) is 18.0 Å². The van der Waals surface area contributed by atoms with Crippen LogP contribution >= 0.6 is 11.3 Å². The van der Waals surface area contributed by atoms with Crippen molar-refractivity contribution in [1.82, 2.24) is 9.62 Å². The highest BCUT2D eigenvalue weighted by molar-refractivity contribution is 7.91. The predicted molar refractivity (Wildman–Crippen MR) is 96.0 cm³/mol. The van der Waals surface area contributed by atoms with E-state index in [2.05, 4.69) is 5.32 Å². The Balaban J connectivity index is 1.62. The number of aryl methyl sites for hydroxylation is 1. The largest absolute Gasteiger partial charge is 0.464 e. The molecule has 1 amide bonds. The molecule has 3 rings (SSSR count). The molecule has 1 aliphatic rings. The molecule has 1 fully saturated rings. The lowest BCUT2D eigenvalue weighted by Crippen LogP contribution is -2.27. The maximum Gasteiger partial charge on any atom is 0.252 e. The normalized spacial score (nSPS) is 16.9. The van der Waals surface area contributed by atoms with Crippen LogP contribution in [-0.4, -0.2) is 31.7 Å². The van der Waals surface area contributed by atoms with Crippen molar-refractivity contribution in [3.05, 3.63) is 40.7 Å². The molecule has 1 N–H and O–H groups in total. The van der Waals surface area contributed by atoms with Crippen LogP contribution < -0.4 is 5.32 Å². The number of carbonyl (C=O) groups excluding carboxylic acids is 1. The number of rotatable bonds is 6. The third-order valence-electron chi connectivity index (χ3n) is 4.20. The van der Waals surface area contributed by atoms with Gasteiger partial charge in [-0.1, -0.05) is 0 Å². The van der Waals surface area contributed by atoms with E-state index in [1.807, 2.05) is 26.0 Å². The van der Waals surface area contributed by atoms with E-state index in [1.54, 1.807) is 12.1 Å². The summed E-state index contributed by atoms with van der Waals surface area (Å²) in [5.74, 6) is 1.34. The number of nitrogens with one attached hydrogen (secondary N) is 1. The van der Waals surface area contributed by atoms with E-state index in [0.717, 1.165) is 23.5 Å². The smallest absolute Gasteiger partial charge is 0.252 e. The summed E-state index contributed by atoms with van der Waals surface area (Å²) in [5, 5.41) is 2.88. The quantitative estimate of drug-likeness (QED) is 0.833. The van der Waals surface area contributed by atoms with E-state index in [1.165, 1.54) is 15.6 Å². The van der Waals surface area contributed by atoms with E-state index in [-0.39, 0.29) is 18.4 Å². The molecule has 1 atom stereocenters. The molecule has 1 unspecified atom stereocenters.